The maximum atomic E-state index is 12.0. The summed E-state index contributed by atoms with van der Waals surface area (Å²) < 4.78 is 1.52. The number of anilines is 1. The van der Waals surface area contributed by atoms with E-state index in [4.69, 9.17) is 5.73 Å². The van der Waals surface area contributed by atoms with Gasteiger partial charge in [-0.15, -0.1) is 0 Å². The summed E-state index contributed by atoms with van der Waals surface area (Å²) in [6, 6.07) is 0. The molecule has 1 rings (SSSR count). The molecule has 0 saturated carbocycles. The lowest BCUT2D eigenvalue weighted by Gasteiger charge is -2.24. The van der Waals surface area contributed by atoms with Crippen LogP contribution in [0.3, 0.4) is 0 Å². The number of rotatable bonds is 4. The maximum absolute atomic E-state index is 12.0. The molecule has 0 radical (unpaired) electrons. The maximum Gasteiger partial charge on any atom is 0.231 e. The molecule has 1 unspecified atom stereocenters. The van der Waals surface area contributed by atoms with E-state index < -0.39 is 0 Å². The van der Waals surface area contributed by atoms with Gasteiger partial charge in [-0.2, -0.15) is 10.1 Å². The summed E-state index contributed by atoms with van der Waals surface area (Å²) in [5.74, 6) is 0.146. The second kappa shape index (κ2) is 5.27. The van der Waals surface area contributed by atoms with Gasteiger partial charge >= 0.3 is 0 Å². The number of aryl methyl sites for hydroxylation is 1. The minimum Gasteiger partial charge on any atom is -0.330 e. The molecule has 3 N–H and O–H groups in total. The van der Waals surface area contributed by atoms with E-state index in [9.17, 15) is 4.79 Å². The number of carbonyl (C=O) groups is 1. The van der Waals surface area contributed by atoms with Crippen molar-refractivity contribution < 1.29 is 4.79 Å². The molecule has 6 nitrogen and oxygen atoms in total. The Morgan fingerprint density at radius 3 is 2.65 bits per heavy atom. The van der Waals surface area contributed by atoms with Gasteiger partial charge in [0.15, 0.2) is 0 Å². The van der Waals surface area contributed by atoms with Gasteiger partial charge in [-0.3, -0.25) is 10.1 Å². The quantitative estimate of drug-likeness (QED) is 0.812. The minimum absolute atomic E-state index is 0.0707. The molecule has 0 fully saturated rings. The van der Waals surface area contributed by atoms with Crippen molar-refractivity contribution >= 4 is 11.9 Å². The van der Waals surface area contributed by atoms with E-state index in [1.807, 2.05) is 0 Å². The highest BCUT2D eigenvalue weighted by molar-refractivity contribution is 5.91. The number of hydrogen-bond acceptors (Lipinski definition) is 4. The number of amides is 1. The number of hydrogen-bond donors (Lipinski definition) is 2. The van der Waals surface area contributed by atoms with Gasteiger partial charge in [0, 0.05) is 13.6 Å². The van der Waals surface area contributed by atoms with Crippen molar-refractivity contribution in [3.8, 4) is 0 Å². The first-order valence-electron chi connectivity index (χ1n) is 5.68. The normalized spacial score (nSPS) is 13.5. The molecule has 0 bridgehead atoms. The highest BCUT2D eigenvalue weighted by atomic mass is 16.2. The molecule has 96 valence electrons. The lowest BCUT2D eigenvalue weighted by molar-refractivity contribution is -0.120. The van der Waals surface area contributed by atoms with Crippen LogP contribution in [0.15, 0.2) is 6.33 Å². The zero-order valence-corrected chi connectivity index (χ0v) is 10.9. The predicted molar refractivity (Wildman–Crippen MR) is 66.2 cm³/mol. The second-order valence-corrected chi connectivity index (χ2v) is 5.39. The topological polar surface area (TPSA) is 85.8 Å². The Labute approximate surface area is 102 Å². The van der Waals surface area contributed by atoms with Gasteiger partial charge in [0.1, 0.15) is 6.33 Å². The van der Waals surface area contributed by atoms with Crippen LogP contribution in [-0.2, 0) is 11.8 Å². The van der Waals surface area contributed by atoms with Crippen LogP contribution in [0.25, 0.3) is 0 Å². The summed E-state index contributed by atoms with van der Waals surface area (Å²) in [7, 11) is 1.73. The van der Waals surface area contributed by atoms with Crippen molar-refractivity contribution in [1.29, 1.82) is 0 Å². The first-order chi connectivity index (χ1) is 7.83. The fraction of sp³-hybridized carbons (Fsp3) is 0.727. The summed E-state index contributed by atoms with van der Waals surface area (Å²) in [5.41, 5.74) is 5.71. The molecule has 1 atom stereocenters. The summed E-state index contributed by atoms with van der Waals surface area (Å²) >= 11 is 0. The lowest BCUT2D eigenvalue weighted by Crippen LogP contribution is -2.33. The van der Waals surface area contributed by atoms with Gasteiger partial charge in [0.05, 0.1) is 5.92 Å². The number of nitrogens with zero attached hydrogens (tertiary/aromatic N) is 3. The minimum atomic E-state index is -0.202. The van der Waals surface area contributed by atoms with Crippen LogP contribution in [0.1, 0.15) is 27.2 Å². The highest BCUT2D eigenvalue weighted by Crippen LogP contribution is 2.24. The Morgan fingerprint density at radius 1 is 1.59 bits per heavy atom. The summed E-state index contributed by atoms with van der Waals surface area (Å²) in [4.78, 5) is 15.9. The Hall–Kier alpha value is -1.43. The van der Waals surface area contributed by atoms with Crippen molar-refractivity contribution in [2.75, 3.05) is 11.9 Å². The number of nitrogens with one attached hydrogen (secondary N) is 1. The third-order valence-corrected chi connectivity index (χ3v) is 2.46. The molecule has 0 aliphatic heterocycles. The second-order valence-electron chi connectivity index (χ2n) is 5.39. The molecule has 1 heterocycles. The van der Waals surface area contributed by atoms with Crippen LogP contribution < -0.4 is 11.1 Å². The molecule has 1 amide bonds. The fourth-order valence-corrected chi connectivity index (χ4v) is 1.64. The molecule has 0 aliphatic carbocycles. The summed E-state index contributed by atoms with van der Waals surface area (Å²) in [6.45, 7) is 6.60. The van der Waals surface area contributed by atoms with Gasteiger partial charge in [-0.05, 0) is 11.8 Å². The zero-order chi connectivity index (χ0) is 13.1. The predicted octanol–water partition coefficient (Wildman–Crippen LogP) is 0.765. The van der Waals surface area contributed by atoms with Gasteiger partial charge < -0.3 is 5.73 Å². The molecule has 17 heavy (non-hydrogen) atoms. The third kappa shape index (κ3) is 4.14. The van der Waals surface area contributed by atoms with Crippen LogP contribution in [0.5, 0.6) is 0 Å². The van der Waals surface area contributed by atoms with Crippen LogP contribution in [0, 0.1) is 11.3 Å². The van der Waals surface area contributed by atoms with Crippen LogP contribution in [0.4, 0.5) is 5.95 Å². The monoisotopic (exact) mass is 239 g/mol. The van der Waals surface area contributed by atoms with E-state index in [1.54, 1.807) is 7.05 Å². The number of nitrogens with two attached hydrogens (primary N) is 1. The largest absolute Gasteiger partial charge is 0.330 e. The van der Waals surface area contributed by atoms with Crippen molar-refractivity contribution in [1.82, 2.24) is 14.8 Å². The lowest BCUT2D eigenvalue weighted by atomic mass is 9.84. The molecule has 0 spiro atoms. The Kier molecular flexibility index (Phi) is 4.22. The third-order valence-electron chi connectivity index (χ3n) is 2.46. The summed E-state index contributed by atoms with van der Waals surface area (Å²) in [6.07, 6.45) is 2.14. The van der Waals surface area contributed by atoms with E-state index in [0.717, 1.165) is 6.42 Å². The molecule has 0 saturated heterocycles. The van der Waals surface area contributed by atoms with Crippen molar-refractivity contribution in [2.45, 2.75) is 27.2 Å². The van der Waals surface area contributed by atoms with Gasteiger partial charge in [-0.1, -0.05) is 20.8 Å². The molecule has 0 aromatic carbocycles. The van der Waals surface area contributed by atoms with E-state index in [-0.39, 0.29) is 17.2 Å². The molecule has 0 aliphatic rings. The molecular formula is C11H21N5O. The van der Waals surface area contributed by atoms with Crippen LogP contribution in [0.2, 0.25) is 0 Å². The fourth-order valence-electron chi connectivity index (χ4n) is 1.64. The smallest absolute Gasteiger partial charge is 0.231 e. The van der Waals surface area contributed by atoms with Crippen molar-refractivity contribution in [3.63, 3.8) is 0 Å². The zero-order valence-electron chi connectivity index (χ0n) is 10.9. The highest BCUT2D eigenvalue weighted by Gasteiger charge is 2.24. The van der Waals surface area contributed by atoms with E-state index in [1.165, 1.54) is 11.0 Å². The standard InChI is InChI=1S/C11H21N5O/c1-11(2,3)5-8(6-12)9(17)15-10-13-7-14-16(10)4/h7-8H,5-6,12H2,1-4H3,(H,13,14,15,17). The van der Waals surface area contributed by atoms with Gasteiger partial charge in [0.25, 0.3) is 0 Å². The van der Waals surface area contributed by atoms with Gasteiger partial charge in [0.2, 0.25) is 11.9 Å². The first kappa shape index (κ1) is 13.6. The average Bonchev–Trinajstić information content (AvgIpc) is 2.59. The van der Waals surface area contributed by atoms with Crippen LogP contribution in [-0.4, -0.2) is 27.2 Å². The van der Waals surface area contributed by atoms with Crippen molar-refractivity contribution in [3.05, 3.63) is 6.33 Å². The molecule has 1 aromatic rings. The SMILES string of the molecule is Cn1ncnc1NC(=O)C(CN)CC(C)(C)C. The van der Waals surface area contributed by atoms with E-state index in [2.05, 4.69) is 36.2 Å². The molecule has 6 heteroatoms. The van der Waals surface area contributed by atoms with E-state index in [0.29, 0.717) is 12.5 Å². The first-order valence-corrected chi connectivity index (χ1v) is 5.68. The number of carbonyl (C=O) groups excluding carboxylic acids is 1. The Bertz CT molecular complexity index is 379. The number of aromatic nitrogens is 3. The van der Waals surface area contributed by atoms with E-state index >= 15 is 0 Å². The molecular weight excluding hydrogens is 218 g/mol. The van der Waals surface area contributed by atoms with Crippen LogP contribution >= 0.6 is 0 Å². The average molecular weight is 239 g/mol. The Balaban J connectivity index is 2.65. The van der Waals surface area contributed by atoms with Crippen molar-refractivity contribution in [2.24, 2.45) is 24.1 Å². The summed E-state index contributed by atoms with van der Waals surface area (Å²) in [5, 5.41) is 6.62. The molecule has 1 aromatic heterocycles. The Morgan fingerprint density at radius 2 is 2.24 bits per heavy atom. The van der Waals surface area contributed by atoms with Gasteiger partial charge in [-0.25, -0.2) is 4.68 Å².